The van der Waals surface area contributed by atoms with Crippen LogP contribution in [0, 0.1) is 0 Å². The van der Waals surface area contributed by atoms with Crippen LogP contribution in [0.2, 0.25) is 0 Å². The Kier molecular flexibility index (Phi) is 5.70. The number of thioether (sulfide) groups is 1. The number of esters is 1. The fourth-order valence-electron chi connectivity index (χ4n) is 1.94. The normalized spacial score (nSPS) is 11.8. The number of halogens is 1. The van der Waals surface area contributed by atoms with E-state index < -0.39 is 6.04 Å². The van der Waals surface area contributed by atoms with Crippen molar-refractivity contribution in [2.45, 2.75) is 10.9 Å². The van der Waals surface area contributed by atoms with E-state index >= 15 is 0 Å². The van der Waals surface area contributed by atoms with Crippen molar-refractivity contribution in [1.29, 1.82) is 0 Å². The van der Waals surface area contributed by atoms with Gasteiger partial charge in [-0.3, -0.25) is 0 Å². The summed E-state index contributed by atoms with van der Waals surface area (Å²) in [7, 11) is 1.40. The number of anilines is 1. The van der Waals surface area contributed by atoms with E-state index in [1.165, 1.54) is 7.11 Å². The maximum absolute atomic E-state index is 12.1. The third-order valence-electron chi connectivity index (χ3n) is 3.02. The molecule has 0 bridgehead atoms. The van der Waals surface area contributed by atoms with Crippen LogP contribution in [0.5, 0.6) is 0 Å². The molecule has 110 valence electrons. The van der Waals surface area contributed by atoms with E-state index in [1.807, 2.05) is 54.8 Å². The highest BCUT2D eigenvalue weighted by molar-refractivity contribution is 9.10. The van der Waals surface area contributed by atoms with E-state index in [1.54, 1.807) is 11.8 Å². The maximum Gasteiger partial charge on any atom is 0.332 e. The van der Waals surface area contributed by atoms with Gasteiger partial charge in [-0.1, -0.05) is 34.1 Å². The lowest BCUT2D eigenvalue weighted by Gasteiger charge is -2.18. The van der Waals surface area contributed by atoms with E-state index in [0.717, 1.165) is 20.6 Å². The fourth-order valence-corrected chi connectivity index (χ4v) is 2.74. The van der Waals surface area contributed by atoms with Crippen LogP contribution < -0.4 is 5.32 Å². The van der Waals surface area contributed by atoms with Crippen molar-refractivity contribution < 1.29 is 9.53 Å². The number of carbonyl (C=O) groups is 1. The minimum absolute atomic E-state index is 0.313. The van der Waals surface area contributed by atoms with Crippen molar-refractivity contribution in [3.63, 3.8) is 0 Å². The second kappa shape index (κ2) is 7.52. The first kappa shape index (κ1) is 15.9. The van der Waals surface area contributed by atoms with Crippen LogP contribution in [0.25, 0.3) is 0 Å². The van der Waals surface area contributed by atoms with Crippen LogP contribution in [-0.4, -0.2) is 19.3 Å². The van der Waals surface area contributed by atoms with E-state index in [9.17, 15) is 4.79 Å². The Morgan fingerprint density at radius 3 is 2.52 bits per heavy atom. The molecule has 1 N–H and O–H groups in total. The van der Waals surface area contributed by atoms with Crippen LogP contribution in [0.3, 0.4) is 0 Å². The van der Waals surface area contributed by atoms with Gasteiger partial charge in [0.1, 0.15) is 0 Å². The third kappa shape index (κ3) is 4.25. The van der Waals surface area contributed by atoms with Gasteiger partial charge in [-0.25, -0.2) is 4.79 Å². The molecule has 2 aromatic carbocycles. The lowest BCUT2D eigenvalue weighted by Crippen LogP contribution is -2.22. The molecule has 21 heavy (non-hydrogen) atoms. The van der Waals surface area contributed by atoms with Gasteiger partial charge in [0.05, 0.1) is 7.11 Å². The molecule has 2 rings (SSSR count). The first-order valence-corrected chi connectivity index (χ1v) is 8.39. The van der Waals surface area contributed by atoms with Gasteiger partial charge in [-0.2, -0.15) is 0 Å². The summed E-state index contributed by atoms with van der Waals surface area (Å²) in [6.45, 7) is 0. The summed E-state index contributed by atoms with van der Waals surface area (Å²) in [5.74, 6) is -0.313. The predicted octanol–water partition coefficient (Wildman–Crippen LogP) is 4.50. The highest BCUT2D eigenvalue weighted by Crippen LogP contribution is 2.25. The average molecular weight is 366 g/mol. The van der Waals surface area contributed by atoms with Gasteiger partial charge in [-0.15, -0.1) is 11.8 Å². The summed E-state index contributed by atoms with van der Waals surface area (Å²) >= 11 is 5.09. The molecule has 0 spiro atoms. The van der Waals surface area contributed by atoms with Crippen LogP contribution in [-0.2, 0) is 9.53 Å². The number of carbonyl (C=O) groups excluding carboxylic acids is 1. The lowest BCUT2D eigenvalue weighted by molar-refractivity contribution is -0.141. The molecule has 0 aromatic heterocycles. The smallest absolute Gasteiger partial charge is 0.332 e. The summed E-state index contributed by atoms with van der Waals surface area (Å²) in [6, 6.07) is 15.0. The van der Waals surface area contributed by atoms with Crippen molar-refractivity contribution >= 4 is 39.3 Å². The minimum atomic E-state index is -0.528. The van der Waals surface area contributed by atoms with Gasteiger partial charge < -0.3 is 10.1 Å². The molecule has 0 radical (unpaired) electrons. The topological polar surface area (TPSA) is 38.3 Å². The number of benzene rings is 2. The molecule has 0 saturated heterocycles. The first-order chi connectivity index (χ1) is 10.1. The van der Waals surface area contributed by atoms with Crippen LogP contribution in [0.1, 0.15) is 11.6 Å². The predicted molar refractivity (Wildman–Crippen MR) is 90.7 cm³/mol. The molecule has 1 atom stereocenters. The Hall–Kier alpha value is -1.46. The maximum atomic E-state index is 12.1. The summed E-state index contributed by atoms with van der Waals surface area (Å²) in [5.41, 5.74) is 1.73. The fraction of sp³-hybridized carbons (Fsp3) is 0.188. The monoisotopic (exact) mass is 365 g/mol. The van der Waals surface area contributed by atoms with Crippen molar-refractivity contribution in [2.24, 2.45) is 0 Å². The molecule has 0 heterocycles. The molecule has 1 unspecified atom stereocenters. The van der Waals surface area contributed by atoms with E-state index in [4.69, 9.17) is 4.74 Å². The zero-order chi connectivity index (χ0) is 15.2. The van der Waals surface area contributed by atoms with Gasteiger partial charge in [-0.05, 0) is 42.2 Å². The Morgan fingerprint density at radius 2 is 1.95 bits per heavy atom. The molecule has 0 saturated carbocycles. The second-order valence-corrected chi connectivity index (χ2v) is 6.18. The van der Waals surface area contributed by atoms with E-state index in [-0.39, 0.29) is 5.97 Å². The van der Waals surface area contributed by atoms with Gasteiger partial charge in [0.15, 0.2) is 6.04 Å². The highest BCUT2D eigenvalue weighted by atomic mass is 79.9. The zero-order valence-electron chi connectivity index (χ0n) is 11.8. The molecule has 2 aromatic rings. The summed E-state index contributed by atoms with van der Waals surface area (Å²) in [6.07, 6.45) is 2.02. The van der Waals surface area contributed by atoms with Gasteiger partial charge in [0, 0.05) is 15.1 Å². The van der Waals surface area contributed by atoms with E-state index in [0.29, 0.717) is 0 Å². The molecular weight excluding hydrogens is 350 g/mol. The van der Waals surface area contributed by atoms with E-state index in [2.05, 4.69) is 21.2 Å². The summed E-state index contributed by atoms with van der Waals surface area (Å²) in [5, 5.41) is 3.21. The molecule has 0 amide bonds. The van der Waals surface area contributed by atoms with Gasteiger partial charge in [0.2, 0.25) is 0 Å². The number of nitrogens with one attached hydrogen (secondary N) is 1. The molecule has 3 nitrogen and oxygen atoms in total. The highest BCUT2D eigenvalue weighted by Gasteiger charge is 2.21. The lowest BCUT2D eigenvalue weighted by atomic mass is 10.1. The van der Waals surface area contributed by atoms with Crippen molar-refractivity contribution in [3.05, 3.63) is 58.6 Å². The summed E-state index contributed by atoms with van der Waals surface area (Å²) in [4.78, 5) is 13.2. The number of methoxy groups -OCH3 is 1. The number of hydrogen-bond donors (Lipinski definition) is 1. The largest absolute Gasteiger partial charge is 0.467 e. The summed E-state index contributed by atoms with van der Waals surface area (Å²) < 4.78 is 5.86. The standard InChI is InChI=1S/C16H16BrNO2S/c1-20-16(19)15(11-6-8-14(21-2)9-7-11)18-13-5-3-4-12(17)10-13/h3-10,15,18H,1-2H3. The molecule has 0 fully saturated rings. The molecule has 5 heteroatoms. The van der Waals surface area contributed by atoms with Crippen molar-refractivity contribution in [1.82, 2.24) is 0 Å². The Bertz CT molecular complexity index is 616. The number of ether oxygens (including phenoxy) is 1. The molecule has 0 aliphatic carbocycles. The van der Waals surface area contributed by atoms with Gasteiger partial charge in [0.25, 0.3) is 0 Å². The Morgan fingerprint density at radius 1 is 1.24 bits per heavy atom. The molecular formula is C16H16BrNO2S. The van der Waals surface area contributed by atoms with Crippen molar-refractivity contribution in [3.8, 4) is 0 Å². The average Bonchev–Trinajstić information content (AvgIpc) is 2.52. The second-order valence-electron chi connectivity index (χ2n) is 4.38. The number of rotatable bonds is 5. The first-order valence-electron chi connectivity index (χ1n) is 6.38. The van der Waals surface area contributed by atoms with Crippen molar-refractivity contribution in [2.75, 3.05) is 18.7 Å². The van der Waals surface area contributed by atoms with Crippen LogP contribution in [0.4, 0.5) is 5.69 Å². The minimum Gasteiger partial charge on any atom is -0.467 e. The quantitative estimate of drug-likeness (QED) is 0.625. The third-order valence-corrected chi connectivity index (χ3v) is 4.26. The Labute approximate surface area is 137 Å². The molecule has 0 aliphatic heterocycles. The Balaban J connectivity index is 2.27. The van der Waals surface area contributed by atoms with Crippen LogP contribution >= 0.6 is 27.7 Å². The van der Waals surface area contributed by atoms with Gasteiger partial charge >= 0.3 is 5.97 Å². The SMILES string of the molecule is COC(=O)C(Nc1cccc(Br)c1)c1ccc(SC)cc1. The molecule has 0 aliphatic rings. The zero-order valence-corrected chi connectivity index (χ0v) is 14.2. The number of hydrogen-bond acceptors (Lipinski definition) is 4. The van der Waals surface area contributed by atoms with Crippen LogP contribution in [0.15, 0.2) is 57.9 Å².